The Kier molecular flexibility index (Phi) is 12.7. The molecule has 13 nitrogen and oxygen atoms in total. The molecular weight excluding hydrogens is 688 g/mol. The van der Waals surface area contributed by atoms with Gasteiger partial charge in [-0.05, 0) is 64.7 Å². The molecule has 13 heteroatoms. The van der Waals surface area contributed by atoms with E-state index in [1.807, 2.05) is 27.7 Å². The van der Waals surface area contributed by atoms with Crippen LogP contribution in [0.3, 0.4) is 0 Å². The lowest BCUT2D eigenvalue weighted by Gasteiger charge is -2.48. The maximum atomic E-state index is 12.4. The van der Waals surface area contributed by atoms with Crippen LogP contribution in [-0.4, -0.2) is 105 Å². The smallest absolute Gasteiger partial charge is 0.309 e. The number of hydrogen-bond donors (Lipinski definition) is 3. The predicted molar refractivity (Wildman–Crippen MR) is 191 cm³/mol. The molecule has 5 aliphatic rings. The van der Waals surface area contributed by atoms with E-state index in [4.69, 9.17) is 33.2 Å². The zero-order valence-corrected chi connectivity index (χ0v) is 33.5. The van der Waals surface area contributed by atoms with Gasteiger partial charge in [0.2, 0.25) is 5.79 Å². The monoisotopic (exact) mass is 754 g/mol. The van der Waals surface area contributed by atoms with E-state index in [1.165, 1.54) is 6.92 Å². The number of carboxylic acid groups (broad SMARTS) is 1. The molecule has 17 atom stereocenters. The van der Waals surface area contributed by atoms with Crippen molar-refractivity contribution < 1.29 is 62.9 Å². The average Bonchev–Trinajstić information content (AvgIpc) is 3.81. The highest BCUT2D eigenvalue weighted by molar-refractivity contribution is 5.73. The van der Waals surface area contributed by atoms with Gasteiger partial charge in [-0.25, -0.2) is 0 Å². The van der Waals surface area contributed by atoms with Crippen LogP contribution in [0.15, 0.2) is 0 Å². The second kappa shape index (κ2) is 15.9. The molecular formula is C40H66O13. The van der Waals surface area contributed by atoms with E-state index < -0.39 is 64.9 Å². The lowest BCUT2D eigenvalue weighted by Crippen LogP contribution is -2.57. The van der Waals surface area contributed by atoms with Gasteiger partial charge in [0, 0.05) is 43.4 Å². The van der Waals surface area contributed by atoms with Crippen molar-refractivity contribution >= 4 is 17.9 Å². The van der Waals surface area contributed by atoms with Crippen molar-refractivity contribution in [2.75, 3.05) is 6.61 Å². The number of aliphatic hydroxyl groups excluding tert-OH is 1. The first kappa shape index (κ1) is 42.3. The van der Waals surface area contributed by atoms with Crippen LogP contribution in [0.5, 0.6) is 0 Å². The summed E-state index contributed by atoms with van der Waals surface area (Å²) in [7, 11) is 0. The van der Waals surface area contributed by atoms with E-state index in [0.29, 0.717) is 19.3 Å². The molecule has 53 heavy (non-hydrogen) atoms. The molecule has 3 N–H and O–H groups in total. The predicted octanol–water partition coefficient (Wildman–Crippen LogP) is 5.15. The summed E-state index contributed by atoms with van der Waals surface area (Å²) >= 11 is 0. The molecule has 0 bridgehead atoms. The van der Waals surface area contributed by atoms with E-state index in [2.05, 4.69) is 20.8 Å². The highest BCUT2D eigenvalue weighted by Gasteiger charge is 2.62. The Morgan fingerprint density at radius 3 is 2.21 bits per heavy atom. The molecule has 0 radical (unpaired) electrons. The van der Waals surface area contributed by atoms with Gasteiger partial charge in [0.05, 0.1) is 53.7 Å². The molecule has 1 spiro atoms. The largest absolute Gasteiger partial charge is 0.481 e. The molecule has 304 valence electrons. The second-order valence-electron chi connectivity index (χ2n) is 17.7. The van der Waals surface area contributed by atoms with Gasteiger partial charge in [0.15, 0.2) is 5.79 Å². The Morgan fingerprint density at radius 1 is 0.887 bits per heavy atom. The normalized spacial score (nSPS) is 46.2. The third kappa shape index (κ3) is 8.46. The molecule has 5 saturated heterocycles. The van der Waals surface area contributed by atoms with Crippen LogP contribution < -0.4 is 0 Å². The van der Waals surface area contributed by atoms with Crippen molar-refractivity contribution in [1.29, 1.82) is 0 Å². The van der Waals surface area contributed by atoms with Crippen LogP contribution in [-0.2, 0) is 47.5 Å². The standard InChI is InChI=1S/C40H66O13/c1-11-30(42)47-20-40(46)23(5)17-21(3)32(52-40)28-18-22(4)35(48-28)38(10)14-13-29(50-38)37(9)15-16-39(53-37)19-27(41)24(6)34(51-39)25(7)33(26(8)36(44)45)49-31(43)12-2/h21-29,32-35,41,46H,11-20H2,1-10H3,(H,44,45)/t21-,22-,23+,24+,25+,26-,27-,28+,29+,32-,33+,34-,35+,37-,38-,39+,40-/m0/s1. The fourth-order valence-corrected chi connectivity index (χ4v) is 9.93. The quantitative estimate of drug-likeness (QED) is 0.223. The van der Waals surface area contributed by atoms with Crippen LogP contribution in [0.1, 0.15) is 127 Å². The molecule has 5 fully saturated rings. The van der Waals surface area contributed by atoms with Crippen LogP contribution in [0.4, 0.5) is 0 Å². The average molecular weight is 755 g/mol. The van der Waals surface area contributed by atoms with E-state index >= 15 is 0 Å². The first-order valence-corrected chi connectivity index (χ1v) is 20.1. The molecule has 0 unspecified atom stereocenters. The summed E-state index contributed by atoms with van der Waals surface area (Å²) in [5.74, 6) is -6.44. The molecule has 5 aliphatic heterocycles. The SMILES string of the molecule is CCC(=O)OC[C@]1(O)O[C@H]([C@H]2C[C@H](C)[C@H]([C@]3(C)CC[C@H]([C@]4(C)CC[C@]5(C[C@H](O)[C@@H](C)[C@@H]([C@H](C)[C@@H](OC(=O)CC)[C@H](C)C(=O)O)O5)O4)O3)O2)[C@@H](C)C[C@H]1C. The first-order valence-electron chi connectivity index (χ1n) is 20.1. The van der Waals surface area contributed by atoms with E-state index in [9.17, 15) is 29.7 Å². The van der Waals surface area contributed by atoms with Crippen molar-refractivity contribution in [2.24, 2.45) is 35.5 Å². The highest BCUT2D eigenvalue weighted by atomic mass is 16.7. The van der Waals surface area contributed by atoms with Gasteiger partial charge < -0.3 is 48.5 Å². The van der Waals surface area contributed by atoms with Crippen LogP contribution in [0.25, 0.3) is 0 Å². The minimum Gasteiger partial charge on any atom is -0.481 e. The number of hydrogen-bond acceptors (Lipinski definition) is 12. The number of aliphatic hydroxyl groups is 2. The van der Waals surface area contributed by atoms with Crippen molar-refractivity contribution in [2.45, 2.75) is 193 Å². The molecule has 0 aromatic heterocycles. The van der Waals surface area contributed by atoms with Gasteiger partial charge in [0.25, 0.3) is 0 Å². The number of ether oxygens (including phenoxy) is 7. The summed E-state index contributed by atoms with van der Waals surface area (Å²) < 4.78 is 44.8. The molecule has 0 aromatic carbocycles. The summed E-state index contributed by atoms with van der Waals surface area (Å²) in [6.45, 7) is 18.7. The number of carbonyl (C=O) groups is 3. The molecule has 0 saturated carbocycles. The minimum absolute atomic E-state index is 0.115. The van der Waals surface area contributed by atoms with Crippen LogP contribution in [0.2, 0.25) is 0 Å². The minimum atomic E-state index is -1.59. The van der Waals surface area contributed by atoms with Gasteiger partial charge in [-0.1, -0.05) is 48.5 Å². The first-order chi connectivity index (χ1) is 24.7. The lowest BCUT2D eigenvalue weighted by atomic mass is 9.78. The van der Waals surface area contributed by atoms with Crippen molar-refractivity contribution in [3.63, 3.8) is 0 Å². The Bertz CT molecular complexity index is 1330. The lowest BCUT2D eigenvalue weighted by molar-refractivity contribution is -0.335. The van der Waals surface area contributed by atoms with Crippen molar-refractivity contribution in [1.82, 2.24) is 0 Å². The van der Waals surface area contributed by atoms with Crippen LogP contribution in [0, 0.1) is 35.5 Å². The molecule has 0 aliphatic carbocycles. The summed E-state index contributed by atoms with van der Waals surface area (Å²) in [6, 6.07) is 0. The van der Waals surface area contributed by atoms with Gasteiger partial charge >= 0.3 is 17.9 Å². The zero-order chi connectivity index (χ0) is 39.3. The number of carbonyl (C=O) groups excluding carboxylic acids is 2. The van der Waals surface area contributed by atoms with Gasteiger partial charge in [-0.2, -0.15) is 0 Å². The van der Waals surface area contributed by atoms with E-state index in [-0.39, 0.29) is 79.9 Å². The summed E-state index contributed by atoms with van der Waals surface area (Å²) in [5.41, 5.74) is -1.33. The Hall–Kier alpha value is -1.87. The van der Waals surface area contributed by atoms with Gasteiger partial charge in [-0.3, -0.25) is 14.4 Å². The number of esters is 2. The Balaban J connectivity index is 1.26. The third-order valence-corrected chi connectivity index (χ3v) is 13.4. The Labute approximate surface area is 315 Å². The van der Waals surface area contributed by atoms with Gasteiger partial charge in [0.1, 0.15) is 12.7 Å². The van der Waals surface area contributed by atoms with E-state index in [1.54, 1.807) is 13.8 Å². The molecule has 0 aromatic rings. The van der Waals surface area contributed by atoms with E-state index in [0.717, 1.165) is 19.3 Å². The topological polar surface area (TPSA) is 177 Å². The highest BCUT2D eigenvalue weighted by Crippen LogP contribution is 2.54. The maximum Gasteiger partial charge on any atom is 0.309 e. The fraction of sp³-hybridized carbons (Fsp3) is 0.925. The van der Waals surface area contributed by atoms with Crippen LogP contribution >= 0.6 is 0 Å². The Morgan fingerprint density at radius 2 is 1.57 bits per heavy atom. The fourth-order valence-electron chi connectivity index (χ4n) is 9.93. The molecule has 5 heterocycles. The third-order valence-electron chi connectivity index (χ3n) is 13.4. The maximum absolute atomic E-state index is 12.4. The number of carboxylic acids is 1. The summed E-state index contributed by atoms with van der Waals surface area (Å²) in [5, 5.41) is 32.6. The van der Waals surface area contributed by atoms with Crippen molar-refractivity contribution in [3.05, 3.63) is 0 Å². The number of rotatable bonds is 12. The number of aliphatic carboxylic acids is 1. The summed E-state index contributed by atoms with van der Waals surface area (Å²) in [4.78, 5) is 36.3. The second-order valence-corrected chi connectivity index (χ2v) is 17.7. The summed E-state index contributed by atoms with van der Waals surface area (Å²) in [6.07, 6.45) is 1.18. The van der Waals surface area contributed by atoms with Gasteiger partial charge in [-0.15, -0.1) is 0 Å². The zero-order valence-electron chi connectivity index (χ0n) is 33.5. The molecule has 0 amide bonds. The van der Waals surface area contributed by atoms with Crippen molar-refractivity contribution in [3.8, 4) is 0 Å². The molecule has 5 rings (SSSR count).